The monoisotopic (exact) mass is 382 g/mol. The summed E-state index contributed by atoms with van der Waals surface area (Å²) in [6.45, 7) is -0.948. The maximum absolute atomic E-state index is 12.1. The van der Waals surface area contributed by atoms with Crippen LogP contribution in [0.15, 0.2) is 48.7 Å². The fraction of sp³-hybridized carbons (Fsp3) is 0.150. The number of ether oxygens (including phenoxy) is 2. The van der Waals surface area contributed by atoms with E-state index in [2.05, 4.69) is 10.3 Å². The summed E-state index contributed by atoms with van der Waals surface area (Å²) >= 11 is 0. The fourth-order valence-corrected chi connectivity index (χ4v) is 2.70. The molecule has 3 aromatic rings. The van der Waals surface area contributed by atoms with Crippen molar-refractivity contribution < 1.29 is 29.3 Å². The number of rotatable bonds is 7. The smallest absolute Gasteiger partial charge is 0.322 e. The van der Waals surface area contributed by atoms with E-state index in [1.54, 1.807) is 49.6 Å². The summed E-state index contributed by atoms with van der Waals surface area (Å²) in [7, 11) is 1.58. The Hall–Kier alpha value is -3.65. The van der Waals surface area contributed by atoms with Crippen molar-refractivity contribution in [1.82, 2.24) is 10.3 Å². The number of methoxy groups -OCH3 is 1. The Labute approximate surface area is 160 Å². The second kappa shape index (κ2) is 8.36. The van der Waals surface area contributed by atoms with E-state index in [1.165, 1.54) is 6.20 Å². The van der Waals surface area contributed by atoms with Gasteiger partial charge in [0.2, 0.25) is 0 Å². The van der Waals surface area contributed by atoms with Crippen molar-refractivity contribution >= 4 is 22.6 Å². The van der Waals surface area contributed by atoms with Crippen LogP contribution >= 0.6 is 0 Å². The lowest BCUT2D eigenvalue weighted by Gasteiger charge is -2.12. The topological polar surface area (TPSA) is 118 Å². The number of aliphatic hydroxyl groups is 1. The van der Waals surface area contributed by atoms with Crippen LogP contribution in [-0.4, -0.2) is 40.7 Å². The Balaban J connectivity index is 1.89. The van der Waals surface area contributed by atoms with E-state index >= 15 is 0 Å². The van der Waals surface area contributed by atoms with Crippen LogP contribution in [0.4, 0.5) is 0 Å². The lowest BCUT2D eigenvalue weighted by Crippen LogP contribution is -2.30. The Morgan fingerprint density at radius 3 is 2.39 bits per heavy atom. The maximum atomic E-state index is 12.1. The molecule has 8 heteroatoms. The van der Waals surface area contributed by atoms with Gasteiger partial charge in [0.25, 0.3) is 5.91 Å². The molecule has 0 aliphatic heterocycles. The first kappa shape index (κ1) is 19.1. The normalized spacial score (nSPS) is 10.5. The number of nitrogens with zero attached hydrogens (tertiary/aromatic N) is 1. The van der Waals surface area contributed by atoms with Crippen LogP contribution < -0.4 is 14.8 Å². The number of carboxylic acids is 1. The number of amides is 1. The molecule has 0 radical (unpaired) electrons. The molecule has 3 rings (SSSR count). The van der Waals surface area contributed by atoms with Crippen molar-refractivity contribution in [2.75, 3.05) is 13.7 Å². The maximum Gasteiger partial charge on any atom is 0.322 e. The Morgan fingerprint density at radius 1 is 1.07 bits per heavy atom. The highest BCUT2D eigenvalue weighted by atomic mass is 16.5. The van der Waals surface area contributed by atoms with Gasteiger partial charge in [-0.3, -0.25) is 14.6 Å². The minimum Gasteiger partial charge on any atom is -0.497 e. The van der Waals surface area contributed by atoms with E-state index in [9.17, 15) is 14.7 Å². The molecule has 0 aliphatic carbocycles. The first-order chi connectivity index (χ1) is 13.5. The lowest BCUT2D eigenvalue weighted by molar-refractivity contribution is -0.135. The largest absolute Gasteiger partial charge is 0.497 e. The molecule has 0 saturated carbocycles. The first-order valence-electron chi connectivity index (χ1n) is 8.36. The van der Waals surface area contributed by atoms with Gasteiger partial charge in [-0.15, -0.1) is 0 Å². The molecule has 0 unspecified atom stereocenters. The summed E-state index contributed by atoms with van der Waals surface area (Å²) in [5, 5.41) is 21.9. The average Bonchev–Trinajstić information content (AvgIpc) is 2.71. The fourth-order valence-electron chi connectivity index (χ4n) is 2.70. The third kappa shape index (κ3) is 4.18. The quantitative estimate of drug-likeness (QED) is 0.574. The number of carbonyl (C=O) groups is 2. The predicted octanol–water partition coefficient (Wildman–Crippen LogP) is 2.34. The first-order valence-corrected chi connectivity index (χ1v) is 8.36. The Kier molecular flexibility index (Phi) is 5.71. The zero-order chi connectivity index (χ0) is 20.1. The molecule has 3 N–H and O–H groups in total. The van der Waals surface area contributed by atoms with E-state index in [0.717, 1.165) is 5.75 Å². The summed E-state index contributed by atoms with van der Waals surface area (Å²) in [6.07, 6.45) is 1.48. The van der Waals surface area contributed by atoms with E-state index in [-0.39, 0.29) is 5.69 Å². The van der Waals surface area contributed by atoms with Gasteiger partial charge in [-0.1, -0.05) is 6.07 Å². The van der Waals surface area contributed by atoms with Crippen molar-refractivity contribution in [3.8, 4) is 17.2 Å². The van der Waals surface area contributed by atoms with E-state index in [4.69, 9.17) is 14.6 Å². The lowest BCUT2D eigenvalue weighted by atomic mass is 10.0. The predicted molar refractivity (Wildman–Crippen MR) is 101 cm³/mol. The molecular weight excluding hydrogens is 364 g/mol. The van der Waals surface area contributed by atoms with Gasteiger partial charge in [0.05, 0.1) is 13.7 Å². The third-order valence-corrected chi connectivity index (χ3v) is 4.04. The molecule has 0 atom stereocenters. The number of aliphatic hydroxyl groups excluding tert-OH is 1. The zero-order valence-corrected chi connectivity index (χ0v) is 15.0. The number of carbonyl (C=O) groups excluding carboxylic acids is 1. The van der Waals surface area contributed by atoms with Gasteiger partial charge in [-0.05, 0) is 41.8 Å². The molecule has 1 aromatic heterocycles. The van der Waals surface area contributed by atoms with Crippen molar-refractivity contribution in [2.45, 2.75) is 6.61 Å². The van der Waals surface area contributed by atoms with Crippen molar-refractivity contribution in [2.24, 2.45) is 0 Å². The minimum absolute atomic E-state index is 0.0138. The number of hydrogen-bond acceptors (Lipinski definition) is 6. The van der Waals surface area contributed by atoms with Crippen LogP contribution in [0, 0.1) is 0 Å². The van der Waals surface area contributed by atoms with Gasteiger partial charge in [-0.2, -0.15) is 0 Å². The number of hydrogen-bond donors (Lipinski definition) is 3. The molecule has 8 nitrogen and oxygen atoms in total. The SMILES string of the molecule is COc1ccc(Oc2ccc3c(CO)c(C(=O)NCC(=O)O)ncc3c2)cc1. The second-order valence-corrected chi connectivity index (χ2v) is 5.85. The Morgan fingerprint density at radius 2 is 1.75 bits per heavy atom. The molecule has 2 aromatic carbocycles. The molecular formula is C20H18N2O6. The number of aromatic nitrogens is 1. The minimum atomic E-state index is -1.17. The second-order valence-electron chi connectivity index (χ2n) is 5.85. The van der Waals surface area contributed by atoms with Crippen molar-refractivity contribution in [3.63, 3.8) is 0 Å². The van der Waals surface area contributed by atoms with Gasteiger partial charge >= 0.3 is 5.97 Å². The number of nitrogens with one attached hydrogen (secondary N) is 1. The highest BCUT2D eigenvalue weighted by Crippen LogP contribution is 2.29. The molecule has 1 amide bonds. The summed E-state index contributed by atoms with van der Waals surface area (Å²) in [5.74, 6) is 0.0786. The standard InChI is InChI=1S/C20H18N2O6/c1-27-13-2-4-14(5-3-13)28-15-6-7-16-12(8-15)9-21-19(17(16)11-23)20(26)22-10-18(24)25/h2-9,23H,10-11H2,1H3,(H,22,26)(H,24,25). The van der Waals surface area contributed by atoms with Crippen LogP contribution in [0.3, 0.4) is 0 Å². The van der Waals surface area contributed by atoms with Crippen LogP contribution in [-0.2, 0) is 11.4 Å². The summed E-state index contributed by atoms with van der Waals surface area (Å²) < 4.78 is 10.9. The van der Waals surface area contributed by atoms with Gasteiger partial charge < -0.3 is 25.0 Å². The van der Waals surface area contributed by atoms with Crippen LogP contribution in [0.5, 0.6) is 17.2 Å². The molecule has 28 heavy (non-hydrogen) atoms. The number of pyridine rings is 1. The number of carboxylic acid groups (broad SMARTS) is 1. The Bertz CT molecular complexity index is 1020. The molecule has 1 heterocycles. The number of fused-ring (bicyclic) bond motifs is 1. The number of aliphatic carboxylic acids is 1. The highest BCUT2D eigenvalue weighted by Gasteiger charge is 2.16. The van der Waals surface area contributed by atoms with Crippen molar-refractivity contribution in [1.29, 1.82) is 0 Å². The molecule has 144 valence electrons. The summed E-state index contributed by atoms with van der Waals surface area (Å²) in [6, 6.07) is 12.3. The van der Waals surface area contributed by atoms with E-state index in [1.807, 2.05) is 0 Å². The average molecular weight is 382 g/mol. The van der Waals surface area contributed by atoms with E-state index < -0.39 is 25.0 Å². The van der Waals surface area contributed by atoms with Crippen LogP contribution in [0.25, 0.3) is 10.8 Å². The van der Waals surface area contributed by atoms with Crippen molar-refractivity contribution in [3.05, 3.63) is 59.9 Å². The van der Waals surface area contributed by atoms with Crippen LogP contribution in [0.2, 0.25) is 0 Å². The molecule has 0 spiro atoms. The number of benzene rings is 2. The molecule has 0 fully saturated rings. The molecule has 0 bridgehead atoms. The zero-order valence-electron chi connectivity index (χ0n) is 15.0. The van der Waals surface area contributed by atoms with Gasteiger partial charge in [0, 0.05) is 17.1 Å². The molecule has 0 aliphatic rings. The summed E-state index contributed by atoms with van der Waals surface area (Å²) in [4.78, 5) is 26.9. The van der Waals surface area contributed by atoms with Gasteiger partial charge in [-0.25, -0.2) is 0 Å². The highest BCUT2D eigenvalue weighted by molar-refractivity contribution is 6.00. The van der Waals surface area contributed by atoms with E-state index in [0.29, 0.717) is 27.8 Å². The third-order valence-electron chi connectivity index (χ3n) is 4.04. The molecule has 0 saturated heterocycles. The van der Waals surface area contributed by atoms with Gasteiger partial charge in [0.1, 0.15) is 29.5 Å². The van der Waals surface area contributed by atoms with Crippen LogP contribution in [0.1, 0.15) is 16.1 Å². The van der Waals surface area contributed by atoms with Gasteiger partial charge in [0.15, 0.2) is 0 Å². The summed E-state index contributed by atoms with van der Waals surface area (Å²) in [5.41, 5.74) is 0.302.